The first-order chi connectivity index (χ1) is 14.4. The highest BCUT2D eigenvalue weighted by Gasteiger charge is 2.49. The third kappa shape index (κ3) is 4.76. The van der Waals surface area contributed by atoms with Gasteiger partial charge in [0.2, 0.25) is 5.91 Å². The van der Waals surface area contributed by atoms with Gasteiger partial charge in [-0.1, -0.05) is 36.4 Å². The highest BCUT2D eigenvalue weighted by atomic mass is 16.5. The van der Waals surface area contributed by atoms with Gasteiger partial charge in [-0.25, -0.2) is 0 Å². The van der Waals surface area contributed by atoms with Gasteiger partial charge in [0, 0.05) is 19.5 Å². The summed E-state index contributed by atoms with van der Waals surface area (Å²) in [7, 11) is 1.40. The van der Waals surface area contributed by atoms with Gasteiger partial charge in [0.15, 0.2) is 0 Å². The van der Waals surface area contributed by atoms with Gasteiger partial charge in [-0.15, -0.1) is 0 Å². The van der Waals surface area contributed by atoms with Crippen LogP contribution in [0, 0.1) is 11.3 Å². The number of carbonyl (C=O) groups is 2. The van der Waals surface area contributed by atoms with Crippen molar-refractivity contribution >= 4 is 11.9 Å². The number of nitrogens with zero attached hydrogens (tertiary/aromatic N) is 1. The van der Waals surface area contributed by atoms with Gasteiger partial charge in [-0.05, 0) is 49.1 Å². The fourth-order valence-electron chi connectivity index (χ4n) is 4.96. The number of morpholine rings is 1. The molecule has 1 aromatic carbocycles. The number of ether oxygens (including phenoxy) is 2. The van der Waals surface area contributed by atoms with Crippen LogP contribution in [0.15, 0.2) is 36.4 Å². The molecule has 0 aromatic heterocycles. The van der Waals surface area contributed by atoms with Crippen LogP contribution in [0.25, 0.3) is 0 Å². The molecule has 0 unspecified atom stereocenters. The van der Waals surface area contributed by atoms with Gasteiger partial charge >= 0.3 is 5.97 Å². The smallest absolute Gasteiger partial charge is 0.312 e. The molecule has 2 aliphatic rings. The number of amides is 1. The first-order valence-electron chi connectivity index (χ1n) is 10.7. The number of aliphatic hydroxyl groups is 1. The lowest BCUT2D eigenvalue weighted by atomic mass is 9.60. The van der Waals surface area contributed by atoms with E-state index >= 15 is 0 Å². The molecule has 6 heteroatoms. The minimum atomic E-state index is -0.837. The Morgan fingerprint density at radius 2 is 1.93 bits per heavy atom. The number of aliphatic hydroxyl groups excluding tert-OH is 1. The second kappa shape index (κ2) is 9.75. The number of rotatable bonds is 6. The van der Waals surface area contributed by atoms with Gasteiger partial charge in [-0.2, -0.15) is 0 Å². The molecule has 164 valence electrons. The van der Waals surface area contributed by atoms with Crippen LogP contribution in [0.1, 0.15) is 49.7 Å². The molecule has 1 amide bonds. The molecule has 1 aromatic rings. The van der Waals surface area contributed by atoms with Gasteiger partial charge in [0.05, 0.1) is 32.3 Å². The molecular formula is C24H33NO5. The topological polar surface area (TPSA) is 76.1 Å². The molecular weight excluding hydrogens is 382 g/mol. The molecule has 0 spiro atoms. The van der Waals surface area contributed by atoms with Crippen molar-refractivity contribution in [3.63, 3.8) is 0 Å². The van der Waals surface area contributed by atoms with Crippen LogP contribution in [-0.2, 0) is 25.7 Å². The zero-order valence-electron chi connectivity index (χ0n) is 18.1. The molecule has 1 N–H and O–H groups in total. The SMILES string of the molecule is C=C(C)[C@@H]1CC[C@](CC(=O)N2CCOCC2)(C(=O)OC)C[C@H]1c1ccc(CO)cc1. The minimum absolute atomic E-state index is 0.00495. The molecule has 1 saturated carbocycles. The number of allylic oxidation sites excluding steroid dienone is 1. The van der Waals surface area contributed by atoms with Gasteiger partial charge in [0.25, 0.3) is 0 Å². The summed E-state index contributed by atoms with van der Waals surface area (Å²) >= 11 is 0. The fraction of sp³-hybridized carbons (Fsp3) is 0.583. The van der Waals surface area contributed by atoms with Crippen molar-refractivity contribution in [3.05, 3.63) is 47.5 Å². The first-order valence-corrected chi connectivity index (χ1v) is 10.7. The van der Waals surface area contributed by atoms with Crippen molar-refractivity contribution in [1.82, 2.24) is 4.90 Å². The van der Waals surface area contributed by atoms with Gasteiger partial charge in [-0.3, -0.25) is 9.59 Å². The maximum atomic E-state index is 13.1. The Labute approximate surface area is 178 Å². The lowest BCUT2D eigenvalue weighted by Gasteiger charge is -2.44. The number of methoxy groups -OCH3 is 1. The van der Waals surface area contributed by atoms with Crippen molar-refractivity contribution in [1.29, 1.82) is 0 Å². The summed E-state index contributed by atoms with van der Waals surface area (Å²) in [5, 5.41) is 9.36. The second-order valence-electron chi connectivity index (χ2n) is 8.64. The molecule has 0 bridgehead atoms. The molecule has 1 heterocycles. The summed E-state index contributed by atoms with van der Waals surface area (Å²) in [6, 6.07) is 7.86. The third-order valence-corrected chi connectivity index (χ3v) is 6.73. The van der Waals surface area contributed by atoms with E-state index < -0.39 is 5.41 Å². The average Bonchev–Trinajstić information content (AvgIpc) is 2.78. The molecule has 2 fully saturated rings. The van der Waals surface area contributed by atoms with Crippen molar-refractivity contribution in [2.45, 2.75) is 45.1 Å². The zero-order valence-corrected chi connectivity index (χ0v) is 18.1. The summed E-state index contributed by atoms with van der Waals surface area (Å²) in [4.78, 5) is 27.8. The predicted octanol–water partition coefficient (Wildman–Crippen LogP) is 3.05. The van der Waals surface area contributed by atoms with E-state index in [0.29, 0.717) is 39.1 Å². The largest absolute Gasteiger partial charge is 0.469 e. The van der Waals surface area contributed by atoms with Crippen LogP contribution in [0.2, 0.25) is 0 Å². The Kier molecular flexibility index (Phi) is 7.32. The number of hydrogen-bond donors (Lipinski definition) is 1. The Hall–Kier alpha value is -2.18. The molecule has 3 rings (SSSR count). The van der Waals surface area contributed by atoms with Crippen LogP contribution in [0.4, 0.5) is 0 Å². The minimum Gasteiger partial charge on any atom is -0.469 e. The molecule has 1 saturated heterocycles. The van der Waals surface area contributed by atoms with Crippen LogP contribution < -0.4 is 0 Å². The number of carbonyl (C=O) groups excluding carboxylic acids is 2. The third-order valence-electron chi connectivity index (χ3n) is 6.73. The van der Waals surface area contributed by atoms with E-state index in [9.17, 15) is 14.7 Å². The van der Waals surface area contributed by atoms with E-state index in [2.05, 4.69) is 6.58 Å². The Morgan fingerprint density at radius 1 is 1.27 bits per heavy atom. The summed E-state index contributed by atoms with van der Waals surface area (Å²) < 4.78 is 10.6. The lowest BCUT2D eigenvalue weighted by Crippen LogP contribution is -2.47. The molecule has 6 nitrogen and oxygen atoms in total. The van der Waals surface area contributed by atoms with Crippen molar-refractivity contribution in [2.75, 3.05) is 33.4 Å². The van der Waals surface area contributed by atoms with Gasteiger partial charge in [0.1, 0.15) is 0 Å². The predicted molar refractivity (Wildman–Crippen MR) is 114 cm³/mol. The van der Waals surface area contributed by atoms with E-state index in [1.54, 1.807) is 4.90 Å². The lowest BCUT2D eigenvalue weighted by molar-refractivity contribution is -0.161. The molecule has 0 radical (unpaired) electrons. The second-order valence-corrected chi connectivity index (χ2v) is 8.64. The van der Waals surface area contributed by atoms with Crippen molar-refractivity contribution in [2.24, 2.45) is 11.3 Å². The summed E-state index contributed by atoms with van der Waals surface area (Å²) in [5.41, 5.74) is 2.20. The normalized spacial score (nSPS) is 26.8. The molecule has 3 atom stereocenters. The Balaban J connectivity index is 1.89. The van der Waals surface area contributed by atoms with Crippen LogP contribution >= 0.6 is 0 Å². The number of esters is 1. The summed E-state index contributed by atoms with van der Waals surface area (Å²) in [6.45, 7) is 8.42. The van der Waals surface area contributed by atoms with E-state index in [4.69, 9.17) is 9.47 Å². The van der Waals surface area contributed by atoms with E-state index in [0.717, 1.165) is 23.1 Å². The highest BCUT2D eigenvalue weighted by molar-refractivity contribution is 5.86. The highest BCUT2D eigenvalue weighted by Crippen LogP contribution is 2.51. The Bertz CT molecular complexity index is 768. The van der Waals surface area contributed by atoms with Crippen LogP contribution in [-0.4, -0.2) is 55.3 Å². The zero-order chi connectivity index (χ0) is 21.7. The fourth-order valence-corrected chi connectivity index (χ4v) is 4.96. The van der Waals surface area contributed by atoms with E-state index in [1.165, 1.54) is 7.11 Å². The number of hydrogen-bond acceptors (Lipinski definition) is 5. The quantitative estimate of drug-likeness (QED) is 0.571. The van der Waals surface area contributed by atoms with Gasteiger partial charge < -0.3 is 19.5 Å². The average molecular weight is 416 g/mol. The molecule has 1 aliphatic heterocycles. The molecule has 1 aliphatic carbocycles. The maximum Gasteiger partial charge on any atom is 0.312 e. The first kappa shape index (κ1) is 22.5. The Morgan fingerprint density at radius 3 is 2.50 bits per heavy atom. The van der Waals surface area contributed by atoms with Crippen LogP contribution in [0.5, 0.6) is 0 Å². The monoisotopic (exact) mass is 415 g/mol. The van der Waals surface area contributed by atoms with Crippen molar-refractivity contribution in [3.8, 4) is 0 Å². The standard InChI is InChI=1S/C24H33NO5/c1-17(2)20-8-9-24(23(28)29-3,15-22(27)25-10-12-30-13-11-25)14-21(20)19-6-4-18(16-26)5-7-19/h4-7,20-21,26H,1,8-16H2,2-3H3/t20-,21-,24-/m0/s1. The van der Waals surface area contributed by atoms with Crippen molar-refractivity contribution < 1.29 is 24.2 Å². The number of benzene rings is 1. The van der Waals surface area contributed by atoms with Crippen LogP contribution in [0.3, 0.4) is 0 Å². The molecule has 30 heavy (non-hydrogen) atoms. The summed E-state index contributed by atoms with van der Waals surface area (Å²) in [6.07, 6.45) is 2.10. The van der Waals surface area contributed by atoms with E-state index in [-0.39, 0.29) is 36.7 Å². The summed E-state index contributed by atoms with van der Waals surface area (Å²) in [5.74, 6) is -0.00469. The maximum absolute atomic E-state index is 13.1. The van der Waals surface area contributed by atoms with E-state index in [1.807, 2.05) is 31.2 Å².